The summed E-state index contributed by atoms with van der Waals surface area (Å²) in [6.45, 7) is 0. The molecule has 1 aliphatic rings. The lowest BCUT2D eigenvalue weighted by Crippen LogP contribution is -2.21. The lowest BCUT2D eigenvalue weighted by molar-refractivity contribution is 0.461. The van der Waals surface area contributed by atoms with Gasteiger partial charge in [-0.3, -0.25) is 0 Å². The van der Waals surface area contributed by atoms with Gasteiger partial charge in [-0.15, -0.1) is 5.10 Å². The van der Waals surface area contributed by atoms with Crippen LogP contribution in [0.2, 0.25) is 0 Å². The summed E-state index contributed by atoms with van der Waals surface area (Å²) < 4.78 is 28.2. The first kappa shape index (κ1) is 9.45. The highest BCUT2D eigenvalue weighted by Gasteiger charge is 2.34. The lowest BCUT2D eigenvalue weighted by Gasteiger charge is -2.18. The standard InChI is InChI=1S/C7H11N3O3S/c8-7-10-9-6(13-7)5-3-1-2-4-14(5,11)12/h5H,1-4H2,(H2,8,10). The van der Waals surface area contributed by atoms with Crippen molar-refractivity contribution in [3.63, 3.8) is 0 Å². The molecular formula is C7H11N3O3S. The molecule has 2 N–H and O–H groups in total. The van der Waals surface area contributed by atoms with Crippen LogP contribution in [0.4, 0.5) is 6.01 Å². The van der Waals surface area contributed by atoms with E-state index in [4.69, 9.17) is 10.2 Å². The van der Waals surface area contributed by atoms with Gasteiger partial charge >= 0.3 is 6.01 Å². The zero-order valence-corrected chi connectivity index (χ0v) is 8.33. The molecule has 7 heteroatoms. The van der Waals surface area contributed by atoms with E-state index in [1.165, 1.54) is 0 Å². The van der Waals surface area contributed by atoms with E-state index < -0.39 is 15.1 Å². The molecule has 0 aromatic carbocycles. The van der Waals surface area contributed by atoms with Gasteiger partial charge in [0, 0.05) is 0 Å². The summed E-state index contributed by atoms with van der Waals surface area (Å²) in [5, 5.41) is 6.42. The van der Waals surface area contributed by atoms with E-state index in [0.717, 1.165) is 6.42 Å². The van der Waals surface area contributed by atoms with Gasteiger partial charge in [-0.2, -0.15) is 0 Å². The molecule has 0 bridgehead atoms. The Morgan fingerprint density at radius 3 is 2.71 bits per heavy atom. The van der Waals surface area contributed by atoms with Crippen molar-refractivity contribution < 1.29 is 12.8 Å². The predicted molar refractivity (Wildman–Crippen MR) is 49.1 cm³/mol. The predicted octanol–water partition coefficient (Wildman–Crippen LogP) is 0.292. The Morgan fingerprint density at radius 2 is 2.14 bits per heavy atom. The normalized spacial score (nSPS) is 26.1. The first-order valence-electron chi connectivity index (χ1n) is 4.40. The molecule has 1 aromatic heterocycles. The van der Waals surface area contributed by atoms with Crippen LogP contribution in [0.25, 0.3) is 0 Å². The van der Waals surface area contributed by atoms with Crippen LogP contribution in [0.5, 0.6) is 0 Å². The van der Waals surface area contributed by atoms with Gasteiger partial charge in [-0.1, -0.05) is 11.5 Å². The van der Waals surface area contributed by atoms with E-state index in [-0.39, 0.29) is 17.7 Å². The smallest absolute Gasteiger partial charge is 0.312 e. The van der Waals surface area contributed by atoms with Crippen molar-refractivity contribution in [3.05, 3.63) is 5.89 Å². The summed E-state index contributed by atoms with van der Waals surface area (Å²) >= 11 is 0. The Balaban J connectivity index is 2.33. The molecule has 1 fully saturated rings. The largest absolute Gasteiger partial charge is 0.407 e. The van der Waals surface area contributed by atoms with Crippen molar-refractivity contribution >= 4 is 15.9 Å². The number of hydrogen-bond donors (Lipinski definition) is 1. The molecule has 1 aromatic rings. The highest BCUT2D eigenvalue weighted by Crippen LogP contribution is 2.32. The van der Waals surface area contributed by atoms with Crippen molar-refractivity contribution in [2.45, 2.75) is 24.5 Å². The van der Waals surface area contributed by atoms with Crippen molar-refractivity contribution in [2.24, 2.45) is 0 Å². The number of anilines is 1. The summed E-state index contributed by atoms with van der Waals surface area (Å²) in [6, 6.07) is -0.0826. The second kappa shape index (κ2) is 3.23. The van der Waals surface area contributed by atoms with Gasteiger partial charge in [0.2, 0.25) is 5.89 Å². The maximum Gasteiger partial charge on any atom is 0.312 e. The number of hydrogen-bond acceptors (Lipinski definition) is 6. The molecule has 0 amide bonds. The summed E-state index contributed by atoms with van der Waals surface area (Å²) in [4.78, 5) is 0. The van der Waals surface area contributed by atoms with Crippen LogP contribution in [0, 0.1) is 0 Å². The van der Waals surface area contributed by atoms with Crippen LogP contribution in [0.3, 0.4) is 0 Å². The molecule has 1 atom stereocenters. The molecule has 78 valence electrons. The molecule has 0 spiro atoms. The Kier molecular flexibility index (Phi) is 2.18. The van der Waals surface area contributed by atoms with Crippen LogP contribution in [-0.2, 0) is 9.84 Å². The third-order valence-corrected chi connectivity index (χ3v) is 4.47. The number of nitrogen functional groups attached to an aromatic ring is 1. The highest BCUT2D eigenvalue weighted by atomic mass is 32.2. The summed E-state index contributed by atoms with van der Waals surface area (Å²) in [5.41, 5.74) is 5.24. The Labute approximate surface area is 81.4 Å². The maximum atomic E-state index is 11.6. The minimum atomic E-state index is -3.12. The lowest BCUT2D eigenvalue weighted by atomic mass is 10.2. The topological polar surface area (TPSA) is 99.1 Å². The highest BCUT2D eigenvalue weighted by molar-refractivity contribution is 7.91. The second-order valence-corrected chi connectivity index (χ2v) is 5.63. The fourth-order valence-corrected chi connectivity index (χ4v) is 3.43. The Bertz CT molecular complexity index is 425. The van der Waals surface area contributed by atoms with Crippen LogP contribution in [0.1, 0.15) is 30.4 Å². The minimum absolute atomic E-state index is 0.0826. The molecule has 14 heavy (non-hydrogen) atoms. The van der Waals surface area contributed by atoms with Crippen molar-refractivity contribution in [1.82, 2.24) is 10.2 Å². The first-order chi connectivity index (χ1) is 6.59. The van der Waals surface area contributed by atoms with E-state index in [9.17, 15) is 8.42 Å². The molecule has 1 aliphatic heterocycles. The third kappa shape index (κ3) is 1.59. The monoisotopic (exact) mass is 217 g/mol. The van der Waals surface area contributed by atoms with Gasteiger partial charge in [-0.25, -0.2) is 8.42 Å². The molecule has 0 saturated carbocycles. The number of rotatable bonds is 1. The molecule has 0 radical (unpaired) electrons. The fourth-order valence-electron chi connectivity index (χ4n) is 1.61. The van der Waals surface area contributed by atoms with E-state index in [1.54, 1.807) is 0 Å². The zero-order chi connectivity index (χ0) is 10.2. The van der Waals surface area contributed by atoms with Crippen LogP contribution in [0.15, 0.2) is 4.42 Å². The molecule has 1 saturated heterocycles. The zero-order valence-electron chi connectivity index (χ0n) is 7.51. The molecule has 2 rings (SSSR count). The van der Waals surface area contributed by atoms with Crippen LogP contribution < -0.4 is 5.73 Å². The second-order valence-electron chi connectivity index (χ2n) is 3.33. The first-order valence-corrected chi connectivity index (χ1v) is 6.11. The number of aromatic nitrogens is 2. The number of nitrogens with zero attached hydrogens (tertiary/aromatic N) is 2. The molecule has 1 unspecified atom stereocenters. The average molecular weight is 217 g/mol. The molecule has 2 heterocycles. The minimum Gasteiger partial charge on any atom is -0.407 e. The summed E-state index contributed by atoms with van der Waals surface area (Å²) in [7, 11) is -3.12. The molecule has 0 aliphatic carbocycles. The molecular weight excluding hydrogens is 206 g/mol. The van der Waals surface area contributed by atoms with Gasteiger partial charge in [0.1, 0.15) is 5.25 Å². The van der Waals surface area contributed by atoms with Crippen LogP contribution >= 0.6 is 0 Å². The Hall–Kier alpha value is -1.11. The van der Waals surface area contributed by atoms with E-state index >= 15 is 0 Å². The van der Waals surface area contributed by atoms with Gasteiger partial charge in [0.25, 0.3) is 0 Å². The maximum absolute atomic E-state index is 11.6. The average Bonchev–Trinajstić information content (AvgIpc) is 2.51. The third-order valence-electron chi connectivity index (χ3n) is 2.31. The van der Waals surface area contributed by atoms with E-state index in [0.29, 0.717) is 12.8 Å². The molecule has 6 nitrogen and oxygen atoms in total. The summed E-state index contributed by atoms with van der Waals surface area (Å²) in [5.74, 6) is 0.321. The van der Waals surface area contributed by atoms with Gasteiger partial charge in [0.15, 0.2) is 9.84 Å². The van der Waals surface area contributed by atoms with Crippen molar-refractivity contribution in [3.8, 4) is 0 Å². The van der Waals surface area contributed by atoms with Gasteiger partial charge in [-0.05, 0) is 12.8 Å². The number of sulfone groups is 1. The summed E-state index contributed by atoms with van der Waals surface area (Å²) in [6.07, 6.45) is 2.12. The Morgan fingerprint density at radius 1 is 1.36 bits per heavy atom. The van der Waals surface area contributed by atoms with Crippen molar-refractivity contribution in [2.75, 3.05) is 11.5 Å². The van der Waals surface area contributed by atoms with E-state index in [2.05, 4.69) is 10.2 Å². The quantitative estimate of drug-likeness (QED) is 0.725. The SMILES string of the molecule is Nc1nnc(C2CCCCS2(=O)=O)o1. The van der Waals surface area contributed by atoms with Gasteiger partial charge < -0.3 is 10.2 Å². The van der Waals surface area contributed by atoms with E-state index in [1.807, 2.05) is 0 Å². The van der Waals surface area contributed by atoms with Crippen molar-refractivity contribution in [1.29, 1.82) is 0 Å². The fraction of sp³-hybridized carbons (Fsp3) is 0.714. The number of nitrogens with two attached hydrogens (primary N) is 1. The van der Waals surface area contributed by atoms with Gasteiger partial charge in [0.05, 0.1) is 5.75 Å². The van der Waals surface area contributed by atoms with Crippen LogP contribution in [-0.4, -0.2) is 24.4 Å².